The summed E-state index contributed by atoms with van der Waals surface area (Å²) in [4.78, 5) is 22.1. The lowest BCUT2D eigenvalue weighted by Gasteiger charge is -2.16. The molecule has 3 aromatic heterocycles. The zero-order chi connectivity index (χ0) is 23.7. The molecule has 34 heavy (non-hydrogen) atoms. The summed E-state index contributed by atoms with van der Waals surface area (Å²) in [6.45, 7) is 3.87. The van der Waals surface area contributed by atoms with Gasteiger partial charge in [-0.25, -0.2) is 14.6 Å². The minimum Gasteiger partial charge on any atom is -0.310 e. The van der Waals surface area contributed by atoms with E-state index in [1.807, 2.05) is 62.4 Å². The van der Waals surface area contributed by atoms with Crippen LogP contribution in [0.2, 0.25) is 5.02 Å². The number of amides is 1. The fourth-order valence-electron chi connectivity index (χ4n) is 3.99. The van der Waals surface area contributed by atoms with E-state index in [1.165, 1.54) is 6.33 Å². The summed E-state index contributed by atoms with van der Waals surface area (Å²) >= 11 is 6.03. The van der Waals surface area contributed by atoms with Gasteiger partial charge in [0, 0.05) is 11.1 Å². The Hall–Kier alpha value is -4.04. The SMILES string of the molecule is CC[C@H](C(=O)Nc1cc(C)nn1-c1ncnc2c1cnn2-c1ccc(Cl)cc1)c1ccccc1. The number of carbonyl (C=O) groups excluding carboxylic acids is 1. The molecule has 0 unspecified atom stereocenters. The number of hydrogen-bond donors (Lipinski definition) is 1. The molecule has 1 N–H and O–H groups in total. The van der Waals surface area contributed by atoms with Gasteiger partial charge in [0.1, 0.15) is 12.1 Å². The quantitative estimate of drug-likeness (QED) is 0.372. The number of nitrogens with zero attached hydrogens (tertiary/aromatic N) is 6. The normalized spacial score (nSPS) is 12.1. The molecule has 0 aliphatic heterocycles. The fraction of sp³-hybridized carbons (Fsp3) is 0.160. The predicted octanol–water partition coefficient (Wildman–Crippen LogP) is 5.10. The van der Waals surface area contributed by atoms with E-state index in [0.29, 0.717) is 34.1 Å². The van der Waals surface area contributed by atoms with Crippen molar-refractivity contribution in [2.45, 2.75) is 26.2 Å². The molecule has 3 heterocycles. The van der Waals surface area contributed by atoms with Crippen molar-refractivity contribution < 1.29 is 4.79 Å². The van der Waals surface area contributed by atoms with Crippen molar-refractivity contribution in [1.82, 2.24) is 29.5 Å². The van der Waals surface area contributed by atoms with Crippen LogP contribution in [0.4, 0.5) is 5.82 Å². The molecule has 0 radical (unpaired) electrons. The lowest BCUT2D eigenvalue weighted by molar-refractivity contribution is -0.117. The molecule has 5 rings (SSSR count). The second-order valence-electron chi connectivity index (χ2n) is 7.91. The number of hydrogen-bond acceptors (Lipinski definition) is 5. The third kappa shape index (κ3) is 4.04. The van der Waals surface area contributed by atoms with Crippen LogP contribution >= 0.6 is 11.6 Å². The van der Waals surface area contributed by atoms with Crippen LogP contribution in [0.1, 0.15) is 30.5 Å². The van der Waals surface area contributed by atoms with Gasteiger partial charge in [-0.2, -0.15) is 14.9 Å². The number of fused-ring (bicyclic) bond motifs is 1. The third-order valence-electron chi connectivity index (χ3n) is 5.63. The maximum absolute atomic E-state index is 13.2. The number of benzene rings is 2. The molecule has 0 aliphatic carbocycles. The molecule has 9 heteroatoms. The van der Waals surface area contributed by atoms with Gasteiger partial charge in [0.05, 0.1) is 28.9 Å². The van der Waals surface area contributed by atoms with E-state index in [2.05, 4.69) is 25.5 Å². The summed E-state index contributed by atoms with van der Waals surface area (Å²) in [5.41, 5.74) is 3.16. The van der Waals surface area contributed by atoms with Crippen molar-refractivity contribution in [1.29, 1.82) is 0 Å². The van der Waals surface area contributed by atoms with Crippen molar-refractivity contribution in [2.24, 2.45) is 0 Å². The van der Waals surface area contributed by atoms with E-state index < -0.39 is 0 Å². The Bertz CT molecular complexity index is 1460. The first-order valence-electron chi connectivity index (χ1n) is 10.9. The van der Waals surface area contributed by atoms with Crippen molar-refractivity contribution in [3.63, 3.8) is 0 Å². The molecular formula is C25H22ClN7O. The first-order chi connectivity index (χ1) is 16.5. The van der Waals surface area contributed by atoms with E-state index in [-0.39, 0.29) is 11.8 Å². The number of halogens is 1. The standard InChI is InChI=1S/C25H22ClN7O/c1-3-20(17-7-5-4-6-8-17)25(34)30-22-13-16(2)31-33(22)24-21-14-29-32(23(21)27-15-28-24)19-11-9-18(26)10-12-19/h4-15,20H,3H2,1-2H3,(H,30,34)/t20-/m0/s1. The Morgan fingerprint density at radius 3 is 2.56 bits per heavy atom. The maximum atomic E-state index is 13.2. The molecule has 0 aliphatic rings. The summed E-state index contributed by atoms with van der Waals surface area (Å²) in [5, 5.41) is 13.5. The summed E-state index contributed by atoms with van der Waals surface area (Å²) in [5.74, 6) is 0.692. The lowest BCUT2D eigenvalue weighted by atomic mass is 9.96. The second kappa shape index (κ2) is 9.07. The summed E-state index contributed by atoms with van der Waals surface area (Å²) in [7, 11) is 0. The topological polar surface area (TPSA) is 90.5 Å². The lowest BCUT2D eigenvalue weighted by Crippen LogP contribution is -2.22. The van der Waals surface area contributed by atoms with Crippen LogP contribution < -0.4 is 5.32 Å². The molecule has 0 bridgehead atoms. The number of anilines is 1. The summed E-state index contributed by atoms with van der Waals surface area (Å²) < 4.78 is 3.34. The van der Waals surface area contributed by atoms with Gasteiger partial charge >= 0.3 is 0 Å². The molecule has 1 amide bonds. The van der Waals surface area contributed by atoms with Gasteiger partial charge in [0.2, 0.25) is 5.91 Å². The molecule has 0 fully saturated rings. The number of rotatable bonds is 6. The van der Waals surface area contributed by atoms with Crippen LogP contribution in [0.3, 0.4) is 0 Å². The maximum Gasteiger partial charge on any atom is 0.233 e. The summed E-state index contributed by atoms with van der Waals surface area (Å²) in [6, 6.07) is 18.9. The highest BCUT2D eigenvalue weighted by Gasteiger charge is 2.22. The van der Waals surface area contributed by atoms with Gasteiger partial charge in [-0.15, -0.1) is 0 Å². The molecule has 0 saturated carbocycles. The number of aryl methyl sites for hydroxylation is 1. The van der Waals surface area contributed by atoms with Gasteiger partial charge in [-0.3, -0.25) is 4.79 Å². The highest BCUT2D eigenvalue weighted by molar-refractivity contribution is 6.30. The Balaban J connectivity index is 1.53. The average Bonchev–Trinajstić information content (AvgIpc) is 3.44. The molecular weight excluding hydrogens is 450 g/mol. The first kappa shape index (κ1) is 21.8. The highest BCUT2D eigenvalue weighted by atomic mass is 35.5. The molecule has 0 saturated heterocycles. The average molecular weight is 472 g/mol. The molecule has 5 aromatic rings. The van der Waals surface area contributed by atoms with Gasteiger partial charge in [0.25, 0.3) is 0 Å². The van der Waals surface area contributed by atoms with Crippen LogP contribution in [0.5, 0.6) is 0 Å². The van der Waals surface area contributed by atoms with Gasteiger partial charge < -0.3 is 5.32 Å². The minimum absolute atomic E-state index is 0.1000. The first-order valence-corrected chi connectivity index (χ1v) is 11.3. The largest absolute Gasteiger partial charge is 0.310 e. The smallest absolute Gasteiger partial charge is 0.233 e. The molecule has 0 spiro atoms. The van der Waals surface area contributed by atoms with Crippen molar-refractivity contribution in [3.05, 3.63) is 89.5 Å². The van der Waals surface area contributed by atoms with E-state index in [0.717, 1.165) is 16.9 Å². The van der Waals surface area contributed by atoms with E-state index in [4.69, 9.17) is 11.6 Å². The van der Waals surface area contributed by atoms with Crippen LogP contribution in [-0.4, -0.2) is 35.4 Å². The van der Waals surface area contributed by atoms with Crippen molar-refractivity contribution in [2.75, 3.05) is 5.32 Å². The molecule has 8 nitrogen and oxygen atoms in total. The fourth-order valence-corrected chi connectivity index (χ4v) is 4.12. The Labute approximate surface area is 201 Å². The van der Waals surface area contributed by atoms with Gasteiger partial charge in [-0.1, -0.05) is 48.9 Å². The zero-order valence-corrected chi connectivity index (χ0v) is 19.4. The van der Waals surface area contributed by atoms with Crippen LogP contribution in [0.25, 0.3) is 22.5 Å². The third-order valence-corrected chi connectivity index (χ3v) is 5.88. The number of nitrogens with one attached hydrogen (secondary N) is 1. The highest BCUT2D eigenvalue weighted by Crippen LogP contribution is 2.26. The minimum atomic E-state index is -0.275. The van der Waals surface area contributed by atoms with Crippen LogP contribution in [-0.2, 0) is 4.79 Å². The number of aromatic nitrogens is 6. The molecule has 170 valence electrons. The van der Waals surface area contributed by atoms with E-state index >= 15 is 0 Å². The van der Waals surface area contributed by atoms with Crippen LogP contribution in [0, 0.1) is 6.92 Å². The number of carbonyl (C=O) groups is 1. The molecule has 2 aromatic carbocycles. The van der Waals surface area contributed by atoms with E-state index in [1.54, 1.807) is 27.7 Å². The predicted molar refractivity (Wildman–Crippen MR) is 132 cm³/mol. The van der Waals surface area contributed by atoms with Gasteiger partial charge in [-0.05, 0) is 43.2 Å². The Kier molecular flexibility index (Phi) is 5.81. The van der Waals surface area contributed by atoms with Crippen LogP contribution in [0.15, 0.2) is 73.2 Å². The van der Waals surface area contributed by atoms with Gasteiger partial charge in [0.15, 0.2) is 11.5 Å². The molecule has 1 atom stereocenters. The van der Waals surface area contributed by atoms with Crippen molar-refractivity contribution >= 4 is 34.4 Å². The van der Waals surface area contributed by atoms with Crippen molar-refractivity contribution in [3.8, 4) is 11.5 Å². The van der Waals surface area contributed by atoms with E-state index in [9.17, 15) is 4.79 Å². The second-order valence-corrected chi connectivity index (χ2v) is 8.35. The summed E-state index contributed by atoms with van der Waals surface area (Å²) in [6.07, 6.45) is 3.84. The Morgan fingerprint density at radius 1 is 1.06 bits per heavy atom. The zero-order valence-electron chi connectivity index (χ0n) is 18.7. The Morgan fingerprint density at radius 2 is 1.82 bits per heavy atom. The monoisotopic (exact) mass is 471 g/mol.